The first-order valence-corrected chi connectivity index (χ1v) is 11.8. The maximum atomic E-state index is 13.0. The quantitative estimate of drug-likeness (QED) is 0.581. The number of thioether (sulfide) groups is 1. The summed E-state index contributed by atoms with van der Waals surface area (Å²) in [5, 5.41) is 1.36. The number of likely N-dealkylation sites (N-methyl/N-ethyl adjacent to an activating group) is 1. The highest BCUT2D eigenvalue weighted by Gasteiger charge is 2.36. The number of aromatic nitrogens is 1. The molecule has 0 spiro atoms. The number of hydrogen-bond donors (Lipinski definition) is 0. The minimum absolute atomic E-state index is 0.0386. The molecule has 0 radical (unpaired) electrons. The number of pyridine rings is 1. The Kier molecular flexibility index (Phi) is 6.60. The van der Waals surface area contributed by atoms with Gasteiger partial charge in [-0.25, -0.2) is 4.98 Å². The van der Waals surface area contributed by atoms with E-state index in [4.69, 9.17) is 4.74 Å². The van der Waals surface area contributed by atoms with Crippen molar-refractivity contribution in [1.29, 1.82) is 0 Å². The first-order chi connectivity index (χ1) is 15.7. The molecule has 174 valence electrons. The van der Waals surface area contributed by atoms with Crippen LogP contribution in [-0.2, 0) is 16.1 Å². The summed E-state index contributed by atoms with van der Waals surface area (Å²) in [5.41, 5.74) is 2.07. The molecule has 1 aromatic heterocycles. The molecule has 1 aromatic carbocycles. The third kappa shape index (κ3) is 4.98. The molecule has 4 rings (SSSR count). The van der Waals surface area contributed by atoms with Gasteiger partial charge >= 0.3 is 0 Å². The largest absolute Gasteiger partial charge is 0.479 e. The minimum atomic E-state index is -0.589. The van der Waals surface area contributed by atoms with Crippen molar-refractivity contribution in [3.05, 3.63) is 47.7 Å². The van der Waals surface area contributed by atoms with Crippen molar-refractivity contribution in [2.24, 2.45) is 0 Å². The molecule has 0 aliphatic carbocycles. The van der Waals surface area contributed by atoms with Crippen LogP contribution in [0, 0.1) is 0 Å². The number of benzene rings is 1. The van der Waals surface area contributed by atoms with Crippen LogP contribution in [0.2, 0.25) is 0 Å². The average molecular weight is 469 g/mol. The van der Waals surface area contributed by atoms with Gasteiger partial charge in [-0.2, -0.15) is 0 Å². The molecule has 3 heterocycles. The van der Waals surface area contributed by atoms with E-state index in [1.165, 1.54) is 9.80 Å². The lowest BCUT2D eigenvalue weighted by molar-refractivity contribution is -0.129. The fourth-order valence-corrected chi connectivity index (χ4v) is 4.62. The van der Waals surface area contributed by atoms with E-state index in [1.807, 2.05) is 24.3 Å². The average Bonchev–Trinajstić information content (AvgIpc) is 3.28. The number of amides is 3. The van der Waals surface area contributed by atoms with Gasteiger partial charge in [0, 0.05) is 50.1 Å². The molecule has 9 heteroatoms. The highest BCUT2D eigenvalue weighted by Crippen LogP contribution is 2.31. The molecule has 2 aromatic rings. The molecule has 0 bridgehead atoms. The number of ether oxygens (including phenoxy) is 1. The third-order valence-corrected chi connectivity index (χ3v) is 6.56. The van der Waals surface area contributed by atoms with Gasteiger partial charge in [-0.3, -0.25) is 14.4 Å². The molecule has 8 nitrogen and oxygen atoms in total. The van der Waals surface area contributed by atoms with Crippen LogP contribution in [0.15, 0.2) is 41.6 Å². The number of carbonyl (C=O) groups excluding carboxylic acids is 3. The molecule has 2 aliphatic heterocycles. The predicted molar refractivity (Wildman–Crippen MR) is 126 cm³/mol. The monoisotopic (exact) mass is 468 g/mol. The van der Waals surface area contributed by atoms with Crippen molar-refractivity contribution in [2.75, 3.05) is 32.1 Å². The van der Waals surface area contributed by atoms with E-state index in [9.17, 15) is 14.4 Å². The first kappa shape index (κ1) is 23.1. The SMILES string of the molecule is CC(C)Sc1ccc(O[C@@H]2CCN(c3ccc4c(c3)C(=O)N(CC(=O)N(C)C)C4)C2=O)cn1. The van der Waals surface area contributed by atoms with Crippen LogP contribution in [0.4, 0.5) is 5.69 Å². The lowest BCUT2D eigenvalue weighted by Crippen LogP contribution is -2.36. The molecule has 0 N–H and O–H groups in total. The molecular weight excluding hydrogens is 440 g/mol. The lowest BCUT2D eigenvalue weighted by Gasteiger charge is -2.18. The van der Waals surface area contributed by atoms with Crippen LogP contribution in [0.5, 0.6) is 5.75 Å². The Balaban J connectivity index is 1.42. The Morgan fingerprint density at radius 2 is 2.03 bits per heavy atom. The summed E-state index contributed by atoms with van der Waals surface area (Å²) in [6, 6.07) is 9.20. The zero-order valence-electron chi connectivity index (χ0n) is 19.3. The van der Waals surface area contributed by atoms with E-state index in [-0.39, 0.29) is 24.3 Å². The summed E-state index contributed by atoms with van der Waals surface area (Å²) < 4.78 is 5.92. The van der Waals surface area contributed by atoms with Gasteiger partial charge in [-0.05, 0) is 29.8 Å². The standard InChI is InChI=1S/C24H28N4O4S/c1-15(2)33-21-8-7-18(12-25-21)32-20-9-10-28(24(20)31)17-6-5-16-13-27(14-22(29)26(3)4)23(30)19(16)11-17/h5-8,11-12,15,20H,9-10,13-14H2,1-4H3/t20-/m1/s1. The Bertz CT molecular complexity index is 1070. The van der Waals surface area contributed by atoms with Gasteiger partial charge in [0.15, 0.2) is 6.10 Å². The maximum absolute atomic E-state index is 13.0. The fourth-order valence-electron chi connectivity index (χ4n) is 3.88. The van der Waals surface area contributed by atoms with Crippen molar-refractivity contribution in [3.63, 3.8) is 0 Å². The van der Waals surface area contributed by atoms with Crippen LogP contribution in [0.25, 0.3) is 0 Å². The van der Waals surface area contributed by atoms with Gasteiger partial charge in [0.1, 0.15) is 12.3 Å². The lowest BCUT2D eigenvalue weighted by atomic mass is 10.1. The number of hydrogen-bond acceptors (Lipinski definition) is 6. The third-order valence-electron chi connectivity index (χ3n) is 5.61. The highest BCUT2D eigenvalue weighted by molar-refractivity contribution is 7.99. The van der Waals surface area contributed by atoms with E-state index >= 15 is 0 Å². The Hall–Kier alpha value is -3.07. The van der Waals surface area contributed by atoms with Crippen LogP contribution in [0.3, 0.4) is 0 Å². The normalized spacial score (nSPS) is 17.7. The van der Waals surface area contributed by atoms with E-state index in [0.717, 1.165) is 10.6 Å². The van der Waals surface area contributed by atoms with Gasteiger partial charge in [0.2, 0.25) is 5.91 Å². The van der Waals surface area contributed by atoms with Crippen LogP contribution >= 0.6 is 11.8 Å². The van der Waals surface area contributed by atoms with E-state index in [0.29, 0.717) is 41.8 Å². The second-order valence-electron chi connectivity index (χ2n) is 8.67. The van der Waals surface area contributed by atoms with Gasteiger partial charge in [-0.1, -0.05) is 19.9 Å². The first-order valence-electron chi connectivity index (χ1n) is 11.0. The molecular formula is C24H28N4O4S. The molecule has 3 amide bonds. The second-order valence-corrected chi connectivity index (χ2v) is 10.3. The number of nitrogens with zero attached hydrogens (tertiary/aromatic N) is 4. The molecule has 1 saturated heterocycles. The van der Waals surface area contributed by atoms with Crippen molar-refractivity contribution in [1.82, 2.24) is 14.8 Å². The predicted octanol–water partition coefficient (Wildman–Crippen LogP) is 2.81. The van der Waals surface area contributed by atoms with Crippen molar-refractivity contribution < 1.29 is 19.1 Å². The number of fused-ring (bicyclic) bond motifs is 1. The Labute approximate surface area is 197 Å². The van der Waals surface area contributed by atoms with E-state index in [2.05, 4.69) is 18.8 Å². The highest BCUT2D eigenvalue weighted by atomic mass is 32.2. The number of carbonyl (C=O) groups is 3. The maximum Gasteiger partial charge on any atom is 0.268 e. The van der Waals surface area contributed by atoms with Crippen molar-refractivity contribution in [2.45, 2.75) is 43.2 Å². The van der Waals surface area contributed by atoms with Crippen LogP contribution in [-0.4, -0.2) is 71.0 Å². The fraction of sp³-hybridized carbons (Fsp3) is 0.417. The van der Waals surface area contributed by atoms with Gasteiger partial charge in [-0.15, -0.1) is 11.8 Å². The Morgan fingerprint density at radius 1 is 1.24 bits per heavy atom. The van der Waals surface area contributed by atoms with Crippen molar-refractivity contribution >= 4 is 35.2 Å². The summed E-state index contributed by atoms with van der Waals surface area (Å²) in [6.45, 7) is 5.16. The minimum Gasteiger partial charge on any atom is -0.479 e. The zero-order chi connectivity index (χ0) is 23.7. The summed E-state index contributed by atoms with van der Waals surface area (Å²) >= 11 is 1.67. The Morgan fingerprint density at radius 3 is 2.70 bits per heavy atom. The number of rotatable bonds is 7. The van der Waals surface area contributed by atoms with Crippen molar-refractivity contribution in [3.8, 4) is 5.75 Å². The molecule has 2 aliphatic rings. The summed E-state index contributed by atoms with van der Waals surface area (Å²) in [6.07, 6.45) is 1.61. The van der Waals surface area contributed by atoms with Crippen LogP contribution < -0.4 is 9.64 Å². The molecule has 33 heavy (non-hydrogen) atoms. The van der Waals surface area contributed by atoms with E-state index in [1.54, 1.807) is 43.0 Å². The summed E-state index contributed by atoms with van der Waals surface area (Å²) in [4.78, 5) is 46.9. The molecule has 0 saturated carbocycles. The van der Waals surface area contributed by atoms with Gasteiger partial charge < -0.3 is 19.4 Å². The van der Waals surface area contributed by atoms with Gasteiger partial charge in [0.25, 0.3) is 11.8 Å². The second kappa shape index (κ2) is 9.43. The summed E-state index contributed by atoms with van der Waals surface area (Å²) in [5.74, 6) is 0.109. The van der Waals surface area contributed by atoms with Gasteiger partial charge in [0.05, 0.1) is 11.2 Å². The number of anilines is 1. The molecule has 1 fully saturated rings. The smallest absolute Gasteiger partial charge is 0.268 e. The summed E-state index contributed by atoms with van der Waals surface area (Å²) in [7, 11) is 3.33. The van der Waals surface area contributed by atoms with Crippen LogP contribution in [0.1, 0.15) is 36.2 Å². The molecule has 0 unspecified atom stereocenters. The van der Waals surface area contributed by atoms with E-state index < -0.39 is 6.10 Å². The topological polar surface area (TPSA) is 83.0 Å². The zero-order valence-corrected chi connectivity index (χ0v) is 20.1. The molecule has 1 atom stereocenters.